The van der Waals surface area contributed by atoms with Crippen molar-refractivity contribution < 1.29 is 32.4 Å². The normalized spacial score (nSPS) is 12.7. The molecule has 7 nitrogen and oxygen atoms in total. The summed E-state index contributed by atoms with van der Waals surface area (Å²) in [6.45, 7) is 0.383. The van der Waals surface area contributed by atoms with E-state index in [1.54, 1.807) is 0 Å². The van der Waals surface area contributed by atoms with E-state index < -0.39 is 52.6 Å². The third kappa shape index (κ3) is 5.53. The second-order valence-corrected chi connectivity index (χ2v) is 5.99. The molecule has 2 rings (SSSR count). The number of halogens is 3. The van der Waals surface area contributed by atoms with Crippen LogP contribution in [0.25, 0.3) is 0 Å². The van der Waals surface area contributed by atoms with Gasteiger partial charge in [0.15, 0.2) is 11.6 Å². The van der Waals surface area contributed by atoms with Crippen LogP contribution in [0.4, 0.5) is 18.9 Å². The minimum atomic E-state index is -1.80. The summed E-state index contributed by atoms with van der Waals surface area (Å²) in [4.78, 5) is 35.6. The summed E-state index contributed by atoms with van der Waals surface area (Å²) >= 11 is 0. The highest BCUT2D eigenvalue weighted by molar-refractivity contribution is 6.05. The number of carbonyl (C=O) groups is 2. The highest BCUT2D eigenvalue weighted by Crippen LogP contribution is 2.29. The zero-order valence-corrected chi connectivity index (χ0v) is 15.2. The summed E-state index contributed by atoms with van der Waals surface area (Å²) in [5, 5.41) is 13.3. The minimum absolute atomic E-state index is 0.134. The van der Waals surface area contributed by atoms with E-state index in [2.05, 4.69) is 5.32 Å². The van der Waals surface area contributed by atoms with Gasteiger partial charge in [-0.05, 0) is 36.8 Å². The van der Waals surface area contributed by atoms with Crippen molar-refractivity contribution in [3.63, 3.8) is 0 Å². The van der Waals surface area contributed by atoms with Crippen molar-refractivity contribution in [1.29, 1.82) is 0 Å². The van der Waals surface area contributed by atoms with Gasteiger partial charge in [-0.2, -0.15) is 0 Å². The summed E-state index contributed by atoms with van der Waals surface area (Å²) in [5.74, 6) is -8.76. The van der Waals surface area contributed by atoms with E-state index in [-0.39, 0.29) is 17.9 Å². The quantitative estimate of drug-likeness (QED) is 0.312. The Morgan fingerprint density at radius 1 is 1.10 bits per heavy atom. The lowest BCUT2D eigenvalue weighted by atomic mass is 9.85. The smallest absolute Gasteiger partial charge is 0.319 e. The molecule has 0 radical (unpaired) electrons. The molecule has 2 unspecified atom stereocenters. The first kappa shape index (κ1) is 21.9. The Hall–Kier alpha value is -3.43. The molecule has 0 aliphatic carbocycles. The van der Waals surface area contributed by atoms with E-state index in [1.807, 2.05) is 0 Å². The molecule has 29 heavy (non-hydrogen) atoms. The van der Waals surface area contributed by atoms with Crippen molar-refractivity contribution in [3.8, 4) is 0 Å². The predicted molar refractivity (Wildman–Crippen MR) is 96.1 cm³/mol. The molecule has 0 aliphatic rings. The maximum atomic E-state index is 13.9. The molecule has 0 saturated carbocycles. The van der Waals surface area contributed by atoms with Crippen molar-refractivity contribution in [2.75, 3.05) is 18.5 Å². The van der Waals surface area contributed by atoms with Crippen molar-refractivity contribution in [3.05, 3.63) is 75.6 Å². The lowest BCUT2D eigenvalue weighted by Gasteiger charge is -2.23. The van der Waals surface area contributed by atoms with E-state index in [1.165, 1.54) is 25.1 Å². The fourth-order valence-electron chi connectivity index (χ4n) is 2.77. The number of amides is 1. The number of nitro groups is 1. The van der Waals surface area contributed by atoms with Crippen LogP contribution in [0, 0.1) is 33.5 Å². The van der Waals surface area contributed by atoms with Crippen molar-refractivity contribution in [2.45, 2.75) is 12.8 Å². The molecule has 0 fully saturated rings. The van der Waals surface area contributed by atoms with Crippen LogP contribution in [0.3, 0.4) is 0 Å². The van der Waals surface area contributed by atoms with Gasteiger partial charge in [0.1, 0.15) is 11.7 Å². The number of esters is 1. The van der Waals surface area contributed by atoms with E-state index in [0.29, 0.717) is 6.07 Å². The number of para-hydroxylation sites is 1. The number of nitrogens with one attached hydrogen (secondary N) is 1. The van der Waals surface area contributed by atoms with Crippen LogP contribution in [-0.4, -0.2) is 30.0 Å². The molecule has 0 aromatic heterocycles. The maximum Gasteiger partial charge on any atom is 0.319 e. The average Bonchev–Trinajstić information content (AvgIpc) is 2.65. The van der Waals surface area contributed by atoms with Crippen LogP contribution in [0.15, 0.2) is 42.5 Å². The van der Waals surface area contributed by atoms with E-state index in [9.17, 15) is 32.9 Å². The average molecular weight is 410 g/mol. The Balaban J connectivity index is 2.48. The molecular formula is C19H17F3N2O5. The van der Waals surface area contributed by atoms with Gasteiger partial charge in [-0.1, -0.05) is 18.2 Å². The van der Waals surface area contributed by atoms with Gasteiger partial charge in [-0.15, -0.1) is 0 Å². The molecule has 0 saturated heterocycles. The molecule has 2 atom stereocenters. The Morgan fingerprint density at radius 3 is 2.38 bits per heavy atom. The van der Waals surface area contributed by atoms with Gasteiger partial charge in [-0.3, -0.25) is 19.7 Å². The maximum absolute atomic E-state index is 13.9. The standard InChI is InChI=1S/C19H17F3N2O5/c1-2-29-19(26)17(18(25)23-16-6-4-3-5-14(16)21)12(10-24(27)28)11-7-8-13(20)15(22)9-11/h3-9,12,17H,2,10H2,1H3,(H,23,25). The topological polar surface area (TPSA) is 98.5 Å². The molecule has 2 aromatic carbocycles. The van der Waals surface area contributed by atoms with Gasteiger partial charge in [-0.25, -0.2) is 13.2 Å². The van der Waals surface area contributed by atoms with Crippen molar-refractivity contribution in [2.24, 2.45) is 5.92 Å². The minimum Gasteiger partial charge on any atom is -0.465 e. The first-order valence-electron chi connectivity index (χ1n) is 8.53. The molecular weight excluding hydrogens is 393 g/mol. The van der Waals surface area contributed by atoms with Gasteiger partial charge < -0.3 is 10.1 Å². The number of hydrogen-bond acceptors (Lipinski definition) is 5. The second-order valence-electron chi connectivity index (χ2n) is 5.99. The van der Waals surface area contributed by atoms with Gasteiger partial charge >= 0.3 is 5.97 Å². The molecule has 0 spiro atoms. The summed E-state index contributed by atoms with van der Waals surface area (Å²) in [6.07, 6.45) is 0. The molecule has 0 bridgehead atoms. The molecule has 1 N–H and O–H groups in total. The van der Waals surface area contributed by atoms with Gasteiger partial charge in [0.2, 0.25) is 12.5 Å². The van der Waals surface area contributed by atoms with Crippen LogP contribution < -0.4 is 5.32 Å². The largest absolute Gasteiger partial charge is 0.465 e. The zero-order valence-electron chi connectivity index (χ0n) is 15.2. The molecule has 2 aromatic rings. The first-order valence-corrected chi connectivity index (χ1v) is 8.53. The molecule has 1 amide bonds. The summed E-state index contributed by atoms with van der Waals surface area (Å²) in [5.41, 5.74) is -0.403. The van der Waals surface area contributed by atoms with Gasteiger partial charge in [0, 0.05) is 4.92 Å². The number of ether oxygens (including phenoxy) is 1. The van der Waals surface area contributed by atoms with Crippen LogP contribution in [0.1, 0.15) is 18.4 Å². The molecule has 0 aliphatic heterocycles. The lowest BCUT2D eigenvalue weighted by Crippen LogP contribution is -2.38. The second kappa shape index (κ2) is 9.67. The third-order valence-electron chi connectivity index (χ3n) is 4.07. The SMILES string of the molecule is CCOC(=O)C(C(=O)Nc1ccccc1F)C(C[N+](=O)[O-])c1ccc(F)c(F)c1. The monoisotopic (exact) mass is 410 g/mol. The third-order valence-corrected chi connectivity index (χ3v) is 4.07. The van der Waals surface area contributed by atoms with Crippen molar-refractivity contribution >= 4 is 17.6 Å². The zero-order chi connectivity index (χ0) is 21.6. The molecule has 0 heterocycles. The number of rotatable bonds is 8. The van der Waals surface area contributed by atoms with Gasteiger partial charge in [0.05, 0.1) is 18.2 Å². The highest BCUT2D eigenvalue weighted by Gasteiger charge is 2.40. The van der Waals surface area contributed by atoms with Crippen LogP contribution in [0.2, 0.25) is 0 Å². The van der Waals surface area contributed by atoms with E-state index in [0.717, 1.165) is 18.2 Å². The number of nitrogens with zero attached hydrogens (tertiary/aromatic N) is 1. The summed E-state index contributed by atoms with van der Waals surface area (Å²) in [6, 6.07) is 7.55. The number of benzene rings is 2. The Morgan fingerprint density at radius 2 is 1.79 bits per heavy atom. The fraction of sp³-hybridized carbons (Fsp3) is 0.263. The Kier molecular flexibility index (Phi) is 7.29. The number of hydrogen-bond donors (Lipinski definition) is 1. The number of carbonyl (C=O) groups excluding carboxylic acids is 2. The van der Waals surface area contributed by atoms with E-state index >= 15 is 0 Å². The van der Waals surface area contributed by atoms with Crippen LogP contribution in [-0.2, 0) is 14.3 Å². The first-order chi connectivity index (χ1) is 13.7. The lowest BCUT2D eigenvalue weighted by molar-refractivity contribution is -0.484. The van der Waals surface area contributed by atoms with Crippen LogP contribution >= 0.6 is 0 Å². The molecule has 154 valence electrons. The fourth-order valence-corrected chi connectivity index (χ4v) is 2.77. The van der Waals surface area contributed by atoms with Crippen molar-refractivity contribution in [1.82, 2.24) is 0 Å². The number of anilines is 1. The van der Waals surface area contributed by atoms with E-state index in [4.69, 9.17) is 4.74 Å². The summed E-state index contributed by atoms with van der Waals surface area (Å²) < 4.78 is 45.7. The molecule has 10 heteroatoms. The summed E-state index contributed by atoms with van der Waals surface area (Å²) in [7, 11) is 0. The van der Waals surface area contributed by atoms with Gasteiger partial charge in [0.25, 0.3) is 0 Å². The highest BCUT2D eigenvalue weighted by atomic mass is 19.2. The Bertz CT molecular complexity index is 922. The predicted octanol–water partition coefficient (Wildman–Crippen LogP) is 3.28. The Labute approximate surface area is 163 Å². The van der Waals surface area contributed by atoms with Crippen LogP contribution in [0.5, 0.6) is 0 Å².